The zero-order valence-electron chi connectivity index (χ0n) is 13.0. The van der Waals surface area contributed by atoms with Gasteiger partial charge in [-0.2, -0.15) is 0 Å². The van der Waals surface area contributed by atoms with Gasteiger partial charge in [0.2, 0.25) is 0 Å². The molecule has 112 valence electrons. The van der Waals surface area contributed by atoms with Crippen LogP contribution in [0.5, 0.6) is 11.5 Å². The first-order chi connectivity index (χ1) is 10.7. The Kier molecular flexibility index (Phi) is 4.01. The molecule has 3 rings (SSSR count). The van der Waals surface area contributed by atoms with Crippen molar-refractivity contribution >= 4 is 10.8 Å². The molecular formula is C20H20O2. The van der Waals surface area contributed by atoms with Crippen LogP contribution in [0, 0.1) is 6.92 Å². The Labute approximate surface area is 131 Å². The minimum atomic E-state index is 0.377. The molecule has 0 saturated carbocycles. The third kappa shape index (κ3) is 2.64. The van der Waals surface area contributed by atoms with Crippen LogP contribution in [0.25, 0.3) is 10.8 Å². The average molecular weight is 292 g/mol. The molecule has 22 heavy (non-hydrogen) atoms. The number of phenolic OH excluding ortho intramolecular Hbond substituents is 1. The molecule has 2 heteroatoms. The van der Waals surface area contributed by atoms with Crippen molar-refractivity contribution in [2.45, 2.75) is 20.3 Å². The first kappa shape index (κ1) is 14.5. The van der Waals surface area contributed by atoms with E-state index in [2.05, 4.69) is 6.07 Å². The van der Waals surface area contributed by atoms with Gasteiger partial charge in [0.05, 0.1) is 6.61 Å². The van der Waals surface area contributed by atoms with Gasteiger partial charge in [0.15, 0.2) is 0 Å². The Hall–Kier alpha value is -2.48. The lowest BCUT2D eigenvalue weighted by atomic mass is 9.97. The summed E-state index contributed by atoms with van der Waals surface area (Å²) in [7, 11) is 0. The number of aryl methyl sites for hydroxylation is 1. The maximum atomic E-state index is 10.7. The van der Waals surface area contributed by atoms with Crippen LogP contribution in [0.2, 0.25) is 0 Å². The summed E-state index contributed by atoms with van der Waals surface area (Å²) in [5.41, 5.74) is 3.11. The van der Waals surface area contributed by atoms with Crippen molar-refractivity contribution in [3.63, 3.8) is 0 Å². The summed E-state index contributed by atoms with van der Waals surface area (Å²) in [6, 6.07) is 18.1. The van der Waals surface area contributed by atoms with E-state index >= 15 is 0 Å². The molecule has 0 atom stereocenters. The largest absolute Gasteiger partial charge is 0.507 e. The normalized spacial score (nSPS) is 10.8. The van der Waals surface area contributed by atoms with E-state index < -0.39 is 0 Å². The van der Waals surface area contributed by atoms with Crippen LogP contribution in [0.3, 0.4) is 0 Å². The van der Waals surface area contributed by atoms with Crippen molar-refractivity contribution in [2.24, 2.45) is 0 Å². The zero-order chi connectivity index (χ0) is 15.5. The van der Waals surface area contributed by atoms with Gasteiger partial charge in [0, 0.05) is 11.8 Å². The van der Waals surface area contributed by atoms with Gasteiger partial charge in [-0.05, 0) is 42.0 Å². The van der Waals surface area contributed by atoms with E-state index in [0.717, 1.165) is 33.2 Å². The number of fused-ring (bicyclic) bond motifs is 1. The molecule has 0 aliphatic rings. The van der Waals surface area contributed by atoms with Crippen molar-refractivity contribution in [3.8, 4) is 11.5 Å². The molecular weight excluding hydrogens is 272 g/mol. The second-order valence-corrected chi connectivity index (χ2v) is 5.46. The second-order valence-electron chi connectivity index (χ2n) is 5.46. The summed E-state index contributed by atoms with van der Waals surface area (Å²) < 4.78 is 5.68. The molecule has 0 heterocycles. The zero-order valence-corrected chi connectivity index (χ0v) is 13.0. The number of aromatic hydroxyl groups is 1. The molecule has 2 nitrogen and oxygen atoms in total. The number of para-hydroxylation sites is 1. The monoisotopic (exact) mass is 292 g/mol. The number of ether oxygens (including phenoxy) is 1. The van der Waals surface area contributed by atoms with Crippen LogP contribution in [0.1, 0.15) is 23.6 Å². The van der Waals surface area contributed by atoms with Crippen LogP contribution >= 0.6 is 0 Å². The quantitative estimate of drug-likeness (QED) is 0.745. The molecule has 3 aromatic carbocycles. The Morgan fingerprint density at radius 2 is 1.73 bits per heavy atom. The highest BCUT2D eigenvalue weighted by atomic mass is 16.5. The fourth-order valence-corrected chi connectivity index (χ4v) is 2.88. The van der Waals surface area contributed by atoms with Crippen molar-refractivity contribution in [1.82, 2.24) is 0 Å². The molecule has 0 unspecified atom stereocenters. The topological polar surface area (TPSA) is 29.5 Å². The number of hydrogen-bond donors (Lipinski definition) is 1. The van der Waals surface area contributed by atoms with Gasteiger partial charge in [-0.1, -0.05) is 48.5 Å². The summed E-state index contributed by atoms with van der Waals surface area (Å²) in [4.78, 5) is 0. The number of hydrogen-bond acceptors (Lipinski definition) is 2. The van der Waals surface area contributed by atoms with Gasteiger partial charge >= 0.3 is 0 Å². The third-order valence-electron chi connectivity index (χ3n) is 3.96. The van der Waals surface area contributed by atoms with Gasteiger partial charge in [-0.25, -0.2) is 0 Å². The first-order valence-electron chi connectivity index (χ1n) is 7.61. The van der Waals surface area contributed by atoms with E-state index in [-0.39, 0.29) is 0 Å². The lowest BCUT2D eigenvalue weighted by Gasteiger charge is -2.13. The highest BCUT2D eigenvalue weighted by Gasteiger charge is 2.11. The van der Waals surface area contributed by atoms with Crippen molar-refractivity contribution in [3.05, 3.63) is 71.3 Å². The predicted molar refractivity (Wildman–Crippen MR) is 90.8 cm³/mol. The van der Waals surface area contributed by atoms with Gasteiger partial charge < -0.3 is 9.84 Å². The van der Waals surface area contributed by atoms with E-state index in [1.54, 1.807) is 0 Å². The fraction of sp³-hybridized carbons (Fsp3) is 0.200. The van der Waals surface area contributed by atoms with E-state index in [1.165, 1.54) is 0 Å². The van der Waals surface area contributed by atoms with Crippen molar-refractivity contribution in [1.29, 1.82) is 0 Å². The summed E-state index contributed by atoms with van der Waals surface area (Å²) in [6.07, 6.45) is 0.659. The smallest absolute Gasteiger partial charge is 0.127 e. The molecule has 0 aromatic heterocycles. The fourth-order valence-electron chi connectivity index (χ4n) is 2.88. The van der Waals surface area contributed by atoms with Gasteiger partial charge in [0.1, 0.15) is 11.5 Å². The summed E-state index contributed by atoms with van der Waals surface area (Å²) >= 11 is 0. The molecule has 0 saturated heterocycles. The highest BCUT2D eigenvalue weighted by molar-refractivity contribution is 5.92. The predicted octanol–water partition coefficient (Wildman–Crippen LogP) is 4.84. The minimum Gasteiger partial charge on any atom is -0.507 e. The van der Waals surface area contributed by atoms with Crippen LogP contribution < -0.4 is 4.74 Å². The maximum Gasteiger partial charge on any atom is 0.127 e. The molecule has 0 fully saturated rings. The molecule has 0 aliphatic heterocycles. The number of phenols is 1. The average Bonchev–Trinajstić information content (AvgIpc) is 2.52. The maximum absolute atomic E-state index is 10.7. The van der Waals surface area contributed by atoms with Crippen LogP contribution in [-0.2, 0) is 6.42 Å². The van der Waals surface area contributed by atoms with Crippen molar-refractivity contribution < 1.29 is 9.84 Å². The Morgan fingerprint density at radius 1 is 0.909 bits per heavy atom. The molecule has 0 radical (unpaired) electrons. The Morgan fingerprint density at radius 3 is 2.55 bits per heavy atom. The number of rotatable bonds is 4. The van der Waals surface area contributed by atoms with Crippen LogP contribution in [0.15, 0.2) is 54.6 Å². The molecule has 1 N–H and O–H groups in total. The van der Waals surface area contributed by atoms with Crippen LogP contribution in [-0.4, -0.2) is 11.7 Å². The molecule has 0 bridgehead atoms. The SMILES string of the molecule is CCOc1ccccc1Cc1ccc2cccc(C)c2c1O. The summed E-state index contributed by atoms with van der Waals surface area (Å²) in [6.45, 7) is 4.65. The Balaban J connectivity index is 2.05. The lowest BCUT2D eigenvalue weighted by molar-refractivity contribution is 0.337. The van der Waals surface area contributed by atoms with Gasteiger partial charge in [-0.3, -0.25) is 0 Å². The van der Waals surface area contributed by atoms with Gasteiger partial charge in [0.25, 0.3) is 0 Å². The van der Waals surface area contributed by atoms with E-state index in [4.69, 9.17) is 4.74 Å². The first-order valence-corrected chi connectivity index (χ1v) is 7.61. The summed E-state index contributed by atoms with van der Waals surface area (Å²) in [5.74, 6) is 1.26. The van der Waals surface area contributed by atoms with Gasteiger partial charge in [-0.15, -0.1) is 0 Å². The third-order valence-corrected chi connectivity index (χ3v) is 3.96. The molecule has 0 aliphatic carbocycles. The molecule has 0 spiro atoms. The second kappa shape index (κ2) is 6.10. The lowest BCUT2D eigenvalue weighted by Crippen LogP contribution is -1.98. The van der Waals surface area contributed by atoms with Crippen LogP contribution in [0.4, 0.5) is 0 Å². The van der Waals surface area contributed by atoms with Crippen molar-refractivity contribution in [2.75, 3.05) is 6.61 Å². The Bertz CT molecular complexity index is 806. The summed E-state index contributed by atoms with van der Waals surface area (Å²) in [5, 5.41) is 12.7. The minimum absolute atomic E-state index is 0.377. The number of benzene rings is 3. The standard InChI is InChI=1S/C20H20O2/c1-3-22-18-10-5-4-8-16(18)13-17-12-11-15-9-6-7-14(2)19(15)20(17)21/h4-12,21H,3,13H2,1-2H3. The van der Waals surface area contributed by atoms with E-state index in [9.17, 15) is 5.11 Å². The van der Waals surface area contributed by atoms with E-state index in [1.807, 2.05) is 62.4 Å². The molecule has 0 amide bonds. The van der Waals surface area contributed by atoms with E-state index in [0.29, 0.717) is 18.8 Å². The highest BCUT2D eigenvalue weighted by Crippen LogP contribution is 2.33. The molecule has 3 aromatic rings.